The summed E-state index contributed by atoms with van der Waals surface area (Å²) >= 11 is 0. The van der Waals surface area contributed by atoms with Crippen LogP contribution in [0.15, 0.2) is 24.3 Å². The van der Waals surface area contributed by atoms with Crippen LogP contribution in [-0.2, 0) is 4.79 Å². The number of rotatable bonds is 2. The molecule has 2 rings (SSSR count). The van der Waals surface area contributed by atoms with Crippen molar-refractivity contribution in [2.24, 2.45) is 0 Å². The number of benzene rings is 1. The number of hydrogen-bond acceptors (Lipinski definition) is 3. The summed E-state index contributed by atoms with van der Waals surface area (Å²) in [6.45, 7) is 1.58. The zero-order valence-electron chi connectivity index (χ0n) is 9.19. The molecule has 1 aliphatic heterocycles. The van der Waals surface area contributed by atoms with Gasteiger partial charge in [0.1, 0.15) is 5.78 Å². The first kappa shape index (κ1) is 10.9. The zero-order chi connectivity index (χ0) is 11.4. The fraction of sp³-hybridized carbons (Fsp3) is 0.385. The van der Waals surface area contributed by atoms with Gasteiger partial charge in [-0.1, -0.05) is 12.1 Å². The van der Waals surface area contributed by atoms with Crippen molar-refractivity contribution in [1.82, 2.24) is 0 Å². The molecule has 1 heterocycles. The van der Waals surface area contributed by atoms with Crippen molar-refractivity contribution in [3.63, 3.8) is 0 Å². The maximum absolute atomic E-state index is 11.3. The predicted octanol–water partition coefficient (Wildman–Crippen LogP) is 2.06. The first-order chi connectivity index (χ1) is 7.81. The number of ketones is 1. The van der Waals surface area contributed by atoms with Gasteiger partial charge in [0.25, 0.3) is 0 Å². The highest BCUT2D eigenvalue weighted by molar-refractivity contribution is 5.85. The molecule has 1 fully saturated rings. The third kappa shape index (κ3) is 2.30. The van der Waals surface area contributed by atoms with Gasteiger partial charge in [-0.3, -0.25) is 9.59 Å². The van der Waals surface area contributed by atoms with Crippen LogP contribution in [0.4, 0.5) is 5.69 Å². The number of carbonyl (C=O) groups is 2. The SMILES string of the molecule is O=Cc1ccccc1N1CCCC(=O)CC1. The molecule has 0 aromatic heterocycles. The van der Waals surface area contributed by atoms with Crippen molar-refractivity contribution < 1.29 is 9.59 Å². The summed E-state index contributed by atoms with van der Waals surface area (Å²) in [5, 5.41) is 0. The Morgan fingerprint density at radius 1 is 1.12 bits per heavy atom. The number of hydrogen-bond donors (Lipinski definition) is 0. The third-order valence-electron chi connectivity index (χ3n) is 2.95. The first-order valence-electron chi connectivity index (χ1n) is 5.62. The normalized spacial score (nSPS) is 17.0. The van der Waals surface area contributed by atoms with Crippen LogP contribution in [0.1, 0.15) is 29.6 Å². The minimum Gasteiger partial charge on any atom is -0.371 e. The fourth-order valence-corrected chi connectivity index (χ4v) is 2.08. The van der Waals surface area contributed by atoms with Gasteiger partial charge in [0.15, 0.2) is 6.29 Å². The molecule has 1 aromatic rings. The Labute approximate surface area is 95.1 Å². The van der Waals surface area contributed by atoms with Crippen LogP contribution < -0.4 is 4.90 Å². The van der Waals surface area contributed by atoms with Gasteiger partial charge < -0.3 is 4.90 Å². The van der Waals surface area contributed by atoms with E-state index in [1.165, 1.54) is 0 Å². The number of para-hydroxylation sites is 1. The molecule has 1 aromatic carbocycles. The molecule has 0 atom stereocenters. The van der Waals surface area contributed by atoms with Crippen LogP contribution in [0.25, 0.3) is 0 Å². The molecule has 1 aliphatic rings. The summed E-state index contributed by atoms with van der Waals surface area (Å²) in [4.78, 5) is 24.4. The zero-order valence-corrected chi connectivity index (χ0v) is 9.19. The Kier molecular flexibility index (Phi) is 3.34. The number of nitrogens with zero attached hydrogens (tertiary/aromatic N) is 1. The van der Waals surface area contributed by atoms with Gasteiger partial charge in [0.05, 0.1) is 0 Å². The quantitative estimate of drug-likeness (QED) is 0.711. The van der Waals surface area contributed by atoms with E-state index in [1.807, 2.05) is 24.3 Å². The van der Waals surface area contributed by atoms with Gasteiger partial charge in [-0.2, -0.15) is 0 Å². The Hall–Kier alpha value is -1.64. The highest BCUT2D eigenvalue weighted by Crippen LogP contribution is 2.21. The molecule has 0 N–H and O–H groups in total. The van der Waals surface area contributed by atoms with E-state index in [0.717, 1.165) is 31.5 Å². The Bertz CT molecular complexity index is 401. The molecule has 0 radical (unpaired) electrons. The largest absolute Gasteiger partial charge is 0.371 e. The van der Waals surface area contributed by atoms with E-state index in [4.69, 9.17) is 0 Å². The summed E-state index contributed by atoms with van der Waals surface area (Å²) in [6.07, 6.45) is 3.01. The van der Waals surface area contributed by atoms with Gasteiger partial charge in [-0.25, -0.2) is 0 Å². The van der Waals surface area contributed by atoms with E-state index in [2.05, 4.69) is 4.90 Å². The molecule has 84 valence electrons. The van der Waals surface area contributed by atoms with Gasteiger partial charge >= 0.3 is 0 Å². The van der Waals surface area contributed by atoms with Crippen molar-refractivity contribution in [3.8, 4) is 0 Å². The second-order valence-electron chi connectivity index (χ2n) is 4.06. The second kappa shape index (κ2) is 4.92. The summed E-state index contributed by atoms with van der Waals surface area (Å²) in [5.41, 5.74) is 1.66. The van der Waals surface area contributed by atoms with Crippen molar-refractivity contribution in [2.75, 3.05) is 18.0 Å². The maximum Gasteiger partial charge on any atom is 0.152 e. The van der Waals surface area contributed by atoms with Gasteiger partial charge in [-0.15, -0.1) is 0 Å². The van der Waals surface area contributed by atoms with Gasteiger partial charge in [0, 0.05) is 37.2 Å². The lowest BCUT2D eigenvalue weighted by Crippen LogP contribution is -2.25. The number of Topliss-reactive ketones (excluding diaryl/α,β-unsaturated/α-hetero) is 1. The fourth-order valence-electron chi connectivity index (χ4n) is 2.08. The maximum atomic E-state index is 11.3. The Balaban J connectivity index is 2.22. The molecule has 0 bridgehead atoms. The van der Waals surface area contributed by atoms with Crippen molar-refractivity contribution in [3.05, 3.63) is 29.8 Å². The molecule has 1 saturated heterocycles. The molecule has 0 unspecified atom stereocenters. The summed E-state index contributed by atoms with van der Waals surface area (Å²) in [6, 6.07) is 7.54. The van der Waals surface area contributed by atoms with Crippen LogP contribution in [0.2, 0.25) is 0 Å². The van der Waals surface area contributed by atoms with Crippen molar-refractivity contribution in [1.29, 1.82) is 0 Å². The van der Waals surface area contributed by atoms with Crippen LogP contribution >= 0.6 is 0 Å². The summed E-state index contributed by atoms with van der Waals surface area (Å²) in [5.74, 6) is 0.325. The molecule has 0 aliphatic carbocycles. The van der Waals surface area contributed by atoms with E-state index >= 15 is 0 Å². The number of aldehydes is 1. The summed E-state index contributed by atoms with van der Waals surface area (Å²) < 4.78 is 0. The van der Waals surface area contributed by atoms with Crippen LogP contribution in [0.3, 0.4) is 0 Å². The van der Waals surface area contributed by atoms with Gasteiger partial charge in [0.2, 0.25) is 0 Å². The lowest BCUT2D eigenvalue weighted by Gasteiger charge is -2.23. The predicted molar refractivity (Wildman–Crippen MR) is 62.9 cm³/mol. The highest BCUT2D eigenvalue weighted by atomic mass is 16.1. The van der Waals surface area contributed by atoms with Crippen molar-refractivity contribution >= 4 is 17.8 Å². The average molecular weight is 217 g/mol. The molecule has 0 amide bonds. The third-order valence-corrected chi connectivity index (χ3v) is 2.95. The minimum absolute atomic E-state index is 0.325. The Morgan fingerprint density at radius 3 is 2.75 bits per heavy atom. The first-order valence-corrected chi connectivity index (χ1v) is 5.62. The second-order valence-corrected chi connectivity index (χ2v) is 4.06. The Morgan fingerprint density at radius 2 is 1.94 bits per heavy atom. The van der Waals surface area contributed by atoms with Crippen LogP contribution in [0.5, 0.6) is 0 Å². The number of anilines is 1. The van der Waals surface area contributed by atoms with E-state index < -0.39 is 0 Å². The van der Waals surface area contributed by atoms with Gasteiger partial charge in [-0.05, 0) is 18.6 Å². The lowest BCUT2D eigenvalue weighted by atomic mass is 10.1. The molecular weight excluding hydrogens is 202 g/mol. The molecule has 3 heteroatoms. The molecular formula is C13H15NO2. The lowest BCUT2D eigenvalue weighted by molar-refractivity contribution is -0.118. The molecule has 3 nitrogen and oxygen atoms in total. The smallest absolute Gasteiger partial charge is 0.152 e. The van der Waals surface area contributed by atoms with Crippen LogP contribution in [-0.4, -0.2) is 25.2 Å². The average Bonchev–Trinajstić information content (AvgIpc) is 2.54. The topological polar surface area (TPSA) is 37.4 Å². The van der Waals surface area contributed by atoms with Crippen molar-refractivity contribution in [2.45, 2.75) is 19.3 Å². The monoisotopic (exact) mass is 217 g/mol. The molecule has 0 spiro atoms. The summed E-state index contributed by atoms with van der Waals surface area (Å²) in [7, 11) is 0. The van der Waals surface area contributed by atoms with Crippen LogP contribution in [0, 0.1) is 0 Å². The van der Waals surface area contributed by atoms with E-state index in [1.54, 1.807) is 0 Å². The van der Waals surface area contributed by atoms with E-state index in [9.17, 15) is 9.59 Å². The van der Waals surface area contributed by atoms with E-state index in [0.29, 0.717) is 24.2 Å². The molecule has 16 heavy (non-hydrogen) atoms. The molecule has 0 saturated carbocycles. The number of carbonyl (C=O) groups excluding carboxylic acids is 2. The van der Waals surface area contributed by atoms with E-state index in [-0.39, 0.29) is 0 Å². The minimum atomic E-state index is 0.325. The highest BCUT2D eigenvalue weighted by Gasteiger charge is 2.16. The standard InChI is InChI=1S/C13H15NO2/c15-10-11-4-1-2-6-13(11)14-8-3-5-12(16)7-9-14/h1-2,4,6,10H,3,5,7-9H2.